The van der Waals surface area contributed by atoms with Crippen LogP contribution < -0.4 is 9.47 Å². The summed E-state index contributed by atoms with van der Waals surface area (Å²) in [6.07, 6.45) is 0. The van der Waals surface area contributed by atoms with Crippen LogP contribution >= 0.6 is 0 Å². The highest BCUT2D eigenvalue weighted by atomic mass is 16.5. The van der Waals surface area contributed by atoms with Gasteiger partial charge in [0.25, 0.3) is 0 Å². The largest absolute Gasteiger partial charge is 0.496 e. The molecule has 2 aromatic carbocycles. The smallest absolute Gasteiger partial charge is 0.338 e. The van der Waals surface area contributed by atoms with Crippen molar-refractivity contribution in [1.29, 1.82) is 0 Å². The maximum atomic E-state index is 12.3. The summed E-state index contributed by atoms with van der Waals surface area (Å²) in [5.41, 5.74) is 2.27. The number of ether oxygens (including phenoxy) is 3. The van der Waals surface area contributed by atoms with Crippen molar-refractivity contribution in [1.82, 2.24) is 5.16 Å². The van der Waals surface area contributed by atoms with Gasteiger partial charge in [-0.05, 0) is 44.2 Å². The average Bonchev–Trinajstić information content (AvgIpc) is 3.07. The van der Waals surface area contributed by atoms with Crippen molar-refractivity contribution in [2.75, 3.05) is 13.7 Å². The fraction of sp³-hybridized carbons (Fsp3) is 0.227. The molecule has 1 aromatic heterocycles. The van der Waals surface area contributed by atoms with Gasteiger partial charge < -0.3 is 18.7 Å². The standard InChI is InChI=1S/C22H21NO6/c1-14-19(15(2)29-23-14)12-27-17-8-6-7-16(11-17)22(25)28-13-20(24)18-9-4-5-10-21(18)26-3/h4-11H,12-13H2,1-3H3. The molecular formula is C22H21NO6. The number of para-hydroxylation sites is 1. The van der Waals surface area contributed by atoms with Crippen molar-refractivity contribution in [3.05, 3.63) is 76.7 Å². The van der Waals surface area contributed by atoms with E-state index in [2.05, 4.69) is 5.16 Å². The molecule has 0 aliphatic carbocycles. The zero-order valence-electron chi connectivity index (χ0n) is 16.4. The number of Topliss-reactive ketones (excluding diaryl/α,β-unsaturated/α-hetero) is 1. The van der Waals surface area contributed by atoms with Crippen molar-refractivity contribution in [2.24, 2.45) is 0 Å². The van der Waals surface area contributed by atoms with Gasteiger partial charge in [0, 0.05) is 0 Å². The summed E-state index contributed by atoms with van der Waals surface area (Å²) in [6.45, 7) is 3.53. The lowest BCUT2D eigenvalue weighted by atomic mass is 10.1. The monoisotopic (exact) mass is 395 g/mol. The van der Waals surface area contributed by atoms with Gasteiger partial charge in [-0.3, -0.25) is 4.79 Å². The number of aromatic nitrogens is 1. The molecule has 0 fully saturated rings. The molecule has 0 bridgehead atoms. The van der Waals surface area contributed by atoms with Crippen LogP contribution in [0.5, 0.6) is 11.5 Å². The fourth-order valence-corrected chi connectivity index (χ4v) is 2.74. The minimum absolute atomic E-state index is 0.270. The van der Waals surface area contributed by atoms with E-state index < -0.39 is 5.97 Å². The molecule has 0 aliphatic rings. The molecule has 3 aromatic rings. The van der Waals surface area contributed by atoms with Gasteiger partial charge in [0.15, 0.2) is 6.61 Å². The summed E-state index contributed by atoms with van der Waals surface area (Å²) in [4.78, 5) is 24.7. The van der Waals surface area contributed by atoms with E-state index in [9.17, 15) is 9.59 Å². The highest BCUT2D eigenvalue weighted by Gasteiger charge is 2.16. The number of methoxy groups -OCH3 is 1. The Morgan fingerprint density at radius 2 is 1.86 bits per heavy atom. The number of carbonyl (C=O) groups is 2. The lowest BCUT2D eigenvalue weighted by Crippen LogP contribution is -2.15. The summed E-state index contributed by atoms with van der Waals surface area (Å²) in [6, 6.07) is 13.4. The number of hydrogen-bond acceptors (Lipinski definition) is 7. The lowest BCUT2D eigenvalue weighted by molar-refractivity contribution is 0.0473. The third-order valence-corrected chi connectivity index (χ3v) is 4.38. The SMILES string of the molecule is COc1ccccc1C(=O)COC(=O)c1cccc(OCc2c(C)noc2C)c1. The number of esters is 1. The average molecular weight is 395 g/mol. The van der Waals surface area contributed by atoms with Crippen LogP contribution in [-0.4, -0.2) is 30.6 Å². The fourth-order valence-electron chi connectivity index (χ4n) is 2.74. The second-order valence-corrected chi connectivity index (χ2v) is 6.32. The molecule has 0 atom stereocenters. The molecule has 0 amide bonds. The minimum Gasteiger partial charge on any atom is -0.496 e. The summed E-state index contributed by atoms with van der Waals surface area (Å²) >= 11 is 0. The third kappa shape index (κ3) is 4.82. The lowest BCUT2D eigenvalue weighted by Gasteiger charge is -2.09. The van der Waals surface area contributed by atoms with E-state index in [0.717, 1.165) is 11.3 Å². The molecule has 0 spiro atoms. The van der Waals surface area contributed by atoms with Crippen molar-refractivity contribution < 1.29 is 28.3 Å². The Morgan fingerprint density at radius 3 is 2.59 bits per heavy atom. The summed E-state index contributed by atoms with van der Waals surface area (Å²) in [5, 5.41) is 3.88. The molecular weight excluding hydrogens is 374 g/mol. The van der Waals surface area contributed by atoms with Crippen LogP contribution in [-0.2, 0) is 11.3 Å². The number of rotatable bonds is 8. The van der Waals surface area contributed by atoms with Crippen LogP contribution in [0.15, 0.2) is 53.1 Å². The van der Waals surface area contributed by atoms with E-state index in [0.29, 0.717) is 22.8 Å². The van der Waals surface area contributed by atoms with Crippen molar-refractivity contribution in [3.8, 4) is 11.5 Å². The first-order valence-corrected chi connectivity index (χ1v) is 8.97. The van der Waals surface area contributed by atoms with E-state index in [1.807, 2.05) is 13.8 Å². The molecule has 0 saturated heterocycles. The third-order valence-electron chi connectivity index (χ3n) is 4.38. The van der Waals surface area contributed by atoms with E-state index in [1.165, 1.54) is 7.11 Å². The Kier molecular flexibility index (Phi) is 6.29. The van der Waals surface area contributed by atoms with Gasteiger partial charge in [0.2, 0.25) is 5.78 Å². The van der Waals surface area contributed by atoms with Crippen LogP contribution in [0.1, 0.15) is 37.7 Å². The first-order chi connectivity index (χ1) is 14.0. The van der Waals surface area contributed by atoms with Gasteiger partial charge in [0.1, 0.15) is 23.9 Å². The molecule has 3 rings (SSSR count). The second kappa shape index (κ2) is 9.05. The Balaban J connectivity index is 1.61. The molecule has 7 heteroatoms. The number of ketones is 1. The molecule has 0 radical (unpaired) electrons. The highest BCUT2D eigenvalue weighted by molar-refractivity contribution is 6.01. The number of hydrogen-bond donors (Lipinski definition) is 0. The number of carbonyl (C=O) groups excluding carboxylic acids is 2. The molecule has 0 N–H and O–H groups in total. The summed E-state index contributed by atoms with van der Waals surface area (Å²) < 4.78 is 21.2. The Hall–Kier alpha value is -3.61. The number of benzene rings is 2. The molecule has 0 unspecified atom stereocenters. The van der Waals surface area contributed by atoms with Gasteiger partial charge in [-0.2, -0.15) is 0 Å². The Bertz CT molecular complexity index is 1000. The molecule has 1 heterocycles. The van der Waals surface area contributed by atoms with Gasteiger partial charge in [-0.1, -0.05) is 23.4 Å². The van der Waals surface area contributed by atoms with Gasteiger partial charge in [-0.25, -0.2) is 4.79 Å². The topological polar surface area (TPSA) is 87.9 Å². The molecule has 7 nitrogen and oxygen atoms in total. The molecule has 29 heavy (non-hydrogen) atoms. The van der Waals surface area contributed by atoms with Crippen molar-refractivity contribution in [3.63, 3.8) is 0 Å². The molecule has 150 valence electrons. The van der Waals surface area contributed by atoms with E-state index in [4.69, 9.17) is 18.7 Å². The Morgan fingerprint density at radius 1 is 1.07 bits per heavy atom. The van der Waals surface area contributed by atoms with E-state index in [1.54, 1.807) is 48.5 Å². The maximum Gasteiger partial charge on any atom is 0.338 e. The first-order valence-electron chi connectivity index (χ1n) is 8.97. The van der Waals surface area contributed by atoms with E-state index in [-0.39, 0.29) is 24.6 Å². The Labute approximate surface area is 168 Å². The zero-order chi connectivity index (χ0) is 20.8. The van der Waals surface area contributed by atoms with Crippen LogP contribution in [0, 0.1) is 13.8 Å². The first kappa shape index (κ1) is 20.1. The van der Waals surface area contributed by atoms with Gasteiger partial charge in [-0.15, -0.1) is 0 Å². The van der Waals surface area contributed by atoms with Crippen molar-refractivity contribution >= 4 is 11.8 Å². The van der Waals surface area contributed by atoms with Crippen LogP contribution in [0.4, 0.5) is 0 Å². The molecule has 0 aliphatic heterocycles. The summed E-state index contributed by atoms with van der Waals surface area (Å²) in [7, 11) is 1.48. The van der Waals surface area contributed by atoms with Crippen LogP contribution in [0.25, 0.3) is 0 Å². The molecule has 0 saturated carbocycles. The van der Waals surface area contributed by atoms with E-state index >= 15 is 0 Å². The zero-order valence-corrected chi connectivity index (χ0v) is 16.4. The highest BCUT2D eigenvalue weighted by Crippen LogP contribution is 2.20. The number of nitrogens with zero attached hydrogens (tertiary/aromatic N) is 1. The quantitative estimate of drug-likeness (QED) is 0.422. The second-order valence-electron chi connectivity index (χ2n) is 6.32. The van der Waals surface area contributed by atoms with Crippen LogP contribution in [0.3, 0.4) is 0 Å². The predicted molar refractivity (Wildman–Crippen MR) is 104 cm³/mol. The number of aryl methyl sites for hydroxylation is 2. The van der Waals surface area contributed by atoms with Crippen molar-refractivity contribution in [2.45, 2.75) is 20.5 Å². The summed E-state index contributed by atoms with van der Waals surface area (Å²) in [5.74, 6) is 0.657. The minimum atomic E-state index is -0.615. The van der Waals surface area contributed by atoms with Gasteiger partial charge >= 0.3 is 5.97 Å². The maximum absolute atomic E-state index is 12.3. The normalized spacial score (nSPS) is 10.4. The van der Waals surface area contributed by atoms with Gasteiger partial charge in [0.05, 0.1) is 29.5 Å². The predicted octanol–water partition coefficient (Wildman–Crippen LogP) is 3.92. The van der Waals surface area contributed by atoms with Crippen LogP contribution in [0.2, 0.25) is 0 Å².